The van der Waals surface area contributed by atoms with Gasteiger partial charge in [0.25, 0.3) is 5.91 Å². The maximum atomic E-state index is 11.9. The number of thiocarbonyl (C=S) groups is 1. The van der Waals surface area contributed by atoms with Crippen LogP contribution in [-0.4, -0.2) is 18.1 Å². The van der Waals surface area contributed by atoms with Crippen LogP contribution in [0.25, 0.3) is 6.08 Å². The highest BCUT2D eigenvalue weighted by Gasteiger charge is 2.22. The third-order valence-corrected chi connectivity index (χ3v) is 5.09. The maximum absolute atomic E-state index is 11.9. The molecule has 1 N–H and O–H groups in total. The van der Waals surface area contributed by atoms with Gasteiger partial charge in [0.1, 0.15) is 24.5 Å². The molecular weight excluding hydrogens is 349 g/mol. The number of amides is 1. The van der Waals surface area contributed by atoms with Crippen molar-refractivity contribution in [2.24, 2.45) is 0 Å². The van der Waals surface area contributed by atoms with E-state index in [9.17, 15) is 4.79 Å². The Bertz CT molecular complexity index is 893. The Kier molecular flexibility index (Phi) is 5.30. The average molecular weight is 365 g/mol. The first-order valence-electron chi connectivity index (χ1n) is 7.75. The minimum atomic E-state index is -0.197. The fourth-order valence-corrected chi connectivity index (χ4v) is 3.46. The SMILES string of the molecule is [B]c1ccc(OCc2ccc(C)c(C)c2)c(/C=C2\SC(=S)NC2=O)c1. The standard InChI is InChI=1S/C19H16BNO2S2/c1-11-3-4-13(7-12(11)2)10-23-16-6-5-15(20)8-14(16)9-17-18(22)21-19(24)25-17/h3-9H,10H2,1-2H3,(H,21,22,24)/b17-9-. The lowest BCUT2D eigenvalue weighted by Gasteiger charge is -2.12. The highest BCUT2D eigenvalue weighted by molar-refractivity contribution is 8.26. The summed E-state index contributed by atoms with van der Waals surface area (Å²) in [5.74, 6) is 0.476. The minimum absolute atomic E-state index is 0.197. The molecular formula is C19H16BNO2S2. The summed E-state index contributed by atoms with van der Waals surface area (Å²) in [4.78, 5) is 12.4. The van der Waals surface area contributed by atoms with Crippen molar-refractivity contribution >= 4 is 53.6 Å². The van der Waals surface area contributed by atoms with E-state index in [1.54, 1.807) is 18.2 Å². The molecule has 0 atom stereocenters. The molecule has 0 aromatic heterocycles. The van der Waals surface area contributed by atoms with Gasteiger partial charge in [-0.1, -0.05) is 59.8 Å². The van der Waals surface area contributed by atoms with Crippen LogP contribution in [0.5, 0.6) is 5.75 Å². The number of ether oxygens (including phenoxy) is 1. The largest absolute Gasteiger partial charge is 0.488 e. The van der Waals surface area contributed by atoms with Gasteiger partial charge in [0, 0.05) is 5.56 Å². The van der Waals surface area contributed by atoms with Crippen LogP contribution in [0.4, 0.5) is 0 Å². The molecule has 0 bridgehead atoms. The summed E-state index contributed by atoms with van der Waals surface area (Å²) in [6, 6.07) is 11.6. The van der Waals surface area contributed by atoms with Gasteiger partial charge in [0.15, 0.2) is 0 Å². The Morgan fingerprint density at radius 3 is 2.68 bits per heavy atom. The molecule has 6 heteroatoms. The monoisotopic (exact) mass is 365 g/mol. The molecule has 25 heavy (non-hydrogen) atoms. The Balaban J connectivity index is 1.84. The molecule has 0 unspecified atom stereocenters. The highest BCUT2D eigenvalue weighted by Crippen LogP contribution is 2.29. The van der Waals surface area contributed by atoms with Crippen molar-refractivity contribution in [3.05, 3.63) is 63.6 Å². The van der Waals surface area contributed by atoms with E-state index in [1.807, 2.05) is 6.07 Å². The number of hydrogen-bond acceptors (Lipinski definition) is 4. The van der Waals surface area contributed by atoms with E-state index < -0.39 is 0 Å². The number of rotatable bonds is 4. The van der Waals surface area contributed by atoms with Crippen molar-refractivity contribution in [1.29, 1.82) is 0 Å². The van der Waals surface area contributed by atoms with Crippen LogP contribution in [0.2, 0.25) is 0 Å². The summed E-state index contributed by atoms with van der Waals surface area (Å²) in [7, 11) is 5.89. The van der Waals surface area contributed by atoms with Gasteiger partial charge in [-0.25, -0.2) is 0 Å². The number of thioether (sulfide) groups is 1. The van der Waals surface area contributed by atoms with E-state index in [0.29, 0.717) is 27.0 Å². The fraction of sp³-hybridized carbons (Fsp3) is 0.158. The van der Waals surface area contributed by atoms with Crippen LogP contribution in [0, 0.1) is 13.8 Å². The van der Waals surface area contributed by atoms with Gasteiger partial charge < -0.3 is 10.1 Å². The predicted molar refractivity (Wildman–Crippen MR) is 108 cm³/mol. The quantitative estimate of drug-likeness (QED) is 0.513. The summed E-state index contributed by atoms with van der Waals surface area (Å²) >= 11 is 6.26. The molecule has 0 spiro atoms. The summed E-state index contributed by atoms with van der Waals surface area (Å²) in [5, 5.41) is 2.61. The van der Waals surface area contributed by atoms with Crippen LogP contribution in [-0.2, 0) is 11.4 Å². The Morgan fingerprint density at radius 2 is 2.00 bits per heavy atom. The van der Waals surface area contributed by atoms with E-state index in [-0.39, 0.29) is 5.91 Å². The third-order valence-electron chi connectivity index (χ3n) is 3.93. The molecule has 1 aliphatic rings. The Morgan fingerprint density at radius 1 is 1.20 bits per heavy atom. The summed E-state index contributed by atoms with van der Waals surface area (Å²) < 4.78 is 6.43. The van der Waals surface area contributed by atoms with E-state index >= 15 is 0 Å². The van der Waals surface area contributed by atoms with E-state index in [0.717, 1.165) is 11.1 Å². The summed E-state index contributed by atoms with van der Waals surface area (Å²) in [5.41, 5.74) is 4.94. The normalized spacial score (nSPS) is 15.5. The van der Waals surface area contributed by atoms with E-state index in [1.165, 1.54) is 22.9 Å². The number of carbonyl (C=O) groups is 1. The summed E-state index contributed by atoms with van der Waals surface area (Å²) in [6.07, 6.45) is 1.76. The molecule has 2 aromatic rings. The van der Waals surface area contributed by atoms with Crippen LogP contribution >= 0.6 is 24.0 Å². The zero-order valence-electron chi connectivity index (χ0n) is 14.0. The smallest absolute Gasteiger partial charge is 0.263 e. The molecule has 3 nitrogen and oxygen atoms in total. The van der Waals surface area contributed by atoms with Crippen LogP contribution in [0.15, 0.2) is 41.3 Å². The van der Waals surface area contributed by atoms with Crippen LogP contribution in [0.1, 0.15) is 22.3 Å². The number of aryl methyl sites for hydroxylation is 2. The van der Waals surface area contributed by atoms with Crippen molar-refractivity contribution in [2.75, 3.05) is 0 Å². The van der Waals surface area contributed by atoms with Gasteiger partial charge in [-0.3, -0.25) is 4.79 Å². The molecule has 2 radical (unpaired) electrons. The lowest BCUT2D eigenvalue weighted by atomic mass is 9.94. The molecule has 3 rings (SSSR count). The maximum Gasteiger partial charge on any atom is 0.263 e. The number of nitrogens with one attached hydrogen (secondary N) is 1. The molecule has 1 amide bonds. The molecule has 1 aliphatic heterocycles. The zero-order valence-corrected chi connectivity index (χ0v) is 15.6. The van der Waals surface area contributed by atoms with E-state index in [4.69, 9.17) is 24.8 Å². The van der Waals surface area contributed by atoms with Gasteiger partial charge in [0.2, 0.25) is 0 Å². The van der Waals surface area contributed by atoms with Gasteiger partial charge >= 0.3 is 0 Å². The first kappa shape index (κ1) is 17.8. The Hall–Kier alpha value is -2.05. The second-order valence-electron chi connectivity index (χ2n) is 5.86. The second-order valence-corrected chi connectivity index (χ2v) is 7.58. The second kappa shape index (κ2) is 7.46. The van der Waals surface area contributed by atoms with Crippen molar-refractivity contribution in [3.63, 3.8) is 0 Å². The predicted octanol–water partition coefficient (Wildman–Crippen LogP) is 3.17. The first-order valence-corrected chi connectivity index (χ1v) is 8.98. The van der Waals surface area contributed by atoms with Crippen LogP contribution in [0.3, 0.4) is 0 Å². The molecule has 0 aliphatic carbocycles. The third kappa shape index (κ3) is 4.33. The lowest BCUT2D eigenvalue weighted by molar-refractivity contribution is -0.115. The molecule has 1 heterocycles. The van der Waals surface area contributed by atoms with Crippen molar-refractivity contribution < 1.29 is 9.53 Å². The number of hydrogen-bond donors (Lipinski definition) is 1. The highest BCUT2D eigenvalue weighted by atomic mass is 32.2. The molecule has 124 valence electrons. The van der Waals surface area contributed by atoms with Gasteiger partial charge in [-0.15, -0.1) is 0 Å². The van der Waals surface area contributed by atoms with Gasteiger partial charge in [0.05, 0.1) is 4.91 Å². The molecule has 1 saturated heterocycles. The summed E-state index contributed by atoms with van der Waals surface area (Å²) in [6.45, 7) is 4.61. The van der Waals surface area contributed by atoms with Crippen LogP contribution < -0.4 is 15.5 Å². The lowest BCUT2D eigenvalue weighted by Crippen LogP contribution is -2.17. The number of benzene rings is 2. The molecule has 2 aromatic carbocycles. The minimum Gasteiger partial charge on any atom is -0.488 e. The number of carbonyl (C=O) groups excluding carboxylic acids is 1. The van der Waals surface area contributed by atoms with Crippen molar-refractivity contribution in [1.82, 2.24) is 5.32 Å². The van der Waals surface area contributed by atoms with Gasteiger partial charge in [-0.2, -0.15) is 0 Å². The fourth-order valence-electron chi connectivity index (χ4n) is 2.43. The topological polar surface area (TPSA) is 38.3 Å². The zero-order chi connectivity index (χ0) is 18.0. The van der Waals surface area contributed by atoms with Gasteiger partial charge in [-0.05, 0) is 42.7 Å². The molecule has 1 fully saturated rings. The molecule has 0 saturated carbocycles. The van der Waals surface area contributed by atoms with Crippen molar-refractivity contribution in [2.45, 2.75) is 20.5 Å². The Labute approximate surface area is 158 Å². The average Bonchev–Trinajstić information content (AvgIpc) is 2.87. The van der Waals surface area contributed by atoms with E-state index in [2.05, 4.69) is 37.4 Å². The first-order chi connectivity index (χ1) is 11.9. The van der Waals surface area contributed by atoms with Crippen molar-refractivity contribution in [3.8, 4) is 5.75 Å².